The number of carbonyl (C=O) groups is 2. The number of hydrogen-bond acceptors (Lipinski definition) is 4. The van der Waals surface area contributed by atoms with Gasteiger partial charge in [0.15, 0.2) is 5.82 Å². The van der Waals surface area contributed by atoms with E-state index >= 15 is 0 Å². The molecule has 154 valence electrons. The van der Waals surface area contributed by atoms with Gasteiger partial charge in [0.05, 0.1) is 5.69 Å². The Kier molecular flexibility index (Phi) is 5.88. The quantitative estimate of drug-likeness (QED) is 0.626. The SMILES string of the molecule is O=C(NC(CC1CCCC1)C(=O)O)c1nc(-c2ccccc2)n(-c2ccccc2)n1. The first-order chi connectivity index (χ1) is 14.6. The molecule has 1 aliphatic rings. The Labute approximate surface area is 174 Å². The van der Waals surface area contributed by atoms with E-state index in [0.717, 1.165) is 36.9 Å². The van der Waals surface area contributed by atoms with Crippen molar-refractivity contribution in [1.29, 1.82) is 0 Å². The van der Waals surface area contributed by atoms with Crippen LogP contribution in [0.25, 0.3) is 17.1 Å². The van der Waals surface area contributed by atoms with E-state index in [0.29, 0.717) is 18.2 Å². The monoisotopic (exact) mass is 404 g/mol. The van der Waals surface area contributed by atoms with Gasteiger partial charge in [-0.3, -0.25) is 4.79 Å². The number of para-hydroxylation sites is 1. The molecule has 1 saturated carbocycles. The largest absolute Gasteiger partial charge is 0.480 e. The molecule has 3 aromatic rings. The normalized spacial score (nSPS) is 15.1. The van der Waals surface area contributed by atoms with Crippen molar-refractivity contribution in [1.82, 2.24) is 20.1 Å². The smallest absolute Gasteiger partial charge is 0.326 e. The van der Waals surface area contributed by atoms with Gasteiger partial charge in [0.25, 0.3) is 5.91 Å². The average molecular weight is 404 g/mol. The van der Waals surface area contributed by atoms with Crippen molar-refractivity contribution in [2.45, 2.75) is 38.1 Å². The maximum Gasteiger partial charge on any atom is 0.326 e. The Hall–Kier alpha value is -3.48. The first kappa shape index (κ1) is 19.8. The predicted octanol–water partition coefficient (Wildman–Crippen LogP) is 3.70. The molecular formula is C23H24N4O3. The maximum atomic E-state index is 12.8. The summed E-state index contributed by atoms with van der Waals surface area (Å²) >= 11 is 0. The highest BCUT2D eigenvalue weighted by Crippen LogP contribution is 2.28. The lowest BCUT2D eigenvalue weighted by Gasteiger charge is -2.17. The zero-order chi connectivity index (χ0) is 20.9. The van der Waals surface area contributed by atoms with Crippen LogP contribution >= 0.6 is 0 Å². The number of carboxylic acids is 1. The minimum atomic E-state index is -1.03. The van der Waals surface area contributed by atoms with E-state index in [1.54, 1.807) is 4.68 Å². The summed E-state index contributed by atoms with van der Waals surface area (Å²) in [5.74, 6) is -0.792. The molecular weight excluding hydrogens is 380 g/mol. The summed E-state index contributed by atoms with van der Waals surface area (Å²) < 4.78 is 1.61. The number of hydrogen-bond donors (Lipinski definition) is 2. The predicted molar refractivity (Wildman–Crippen MR) is 112 cm³/mol. The number of amides is 1. The van der Waals surface area contributed by atoms with E-state index in [1.807, 2.05) is 60.7 Å². The van der Waals surface area contributed by atoms with E-state index < -0.39 is 17.9 Å². The highest BCUT2D eigenvalue weighted by Gasteiger charge is 2.28. The summed E-state index contributed by atoms with van der Waals surface area (Å²) in [5.41, 5.74) is 1.58. The van der Waals surface area contributed by atoms with Gasteiger partial charge < -0.3 is 10.4 Å². The second-order valence-corrected chi connectivity index (χ2v) is 7.62. The van der Waals surface area contributed by atoms with Crippen LogP contribution in [0.5, 0.6) is 0 Å². The van der Waals surface area contributed by atoms with Crippen LogP contribution in [0.4, 0.5) is 0 Å². The van der Waals surface area contributed by atoms with Crippen LogP contribution in [0.2, 0.25) is 0 Å². The Bertz CT molecular complexity index is 954. The molecule has 7 heteroatoms. The molecule has 30 heavy (non-hydrogen) atoms. The van der Waals surface area contributed by atoms with Gasteiger partial charge in [0, 0.05) is 5.56 Å². The molecule has 2 aromatic carbocycles. The number of nitrogens with zero attached hydrogens (tertiary/aromatic N) is 3. The summed E-state index contributed by atoms with van der Waals surface area (Å²) in [6.45, 7) is 0. The van der Waals surface area contributed by atoms with Crippen molar-refractivity contribution in [2.75, 3.05) is 0 Å². The van der Waals surface area contributed by atoms with Crippen molar-refractivity contribution >= 4 is 11.9 Å². The Morgan fingerprint density at radius 3 is 2.30 bits per heavy atom. The molecule has 0 spiro atoms. The van der Waals surface area contributed by atoms with Crippen LogP contribution < -0.4 is 5.32 Å². The second-order valence-electron chi connectivity index (χ2n) is 7.62. The van der Waals surface area contributed by atoms with Crippen molar-refractivity contribution in [3.05, 3.63) is 66.5 Å². The molecule has 4 rings (SSSR count). The van der Waals surface area contributed by atoms with Crippen molar-refractivity contribution < 1.29 is 14.7 Å². The fourth-order valence-corrected chi connectivity index (χ4v) is 3.96. The lowest BCUT2D eigenvalue weighted by molar-refractivity contribution is -0.139. The molecule has 0 radical (unpaired) electrons. The van der Waals surface area contributed by atoms with Gasteiger partial charge in [-0.15, -0.1) is 5.10 Å². The summed E-state index contributed by atoms with van der Waals surface area (Å²) in [6, 6.07) is 18.0. The zero-order valence-corrected chi connectivity index (χ0v) is 16.6. The first-order valence-corrected chi connectivity index (χ1v) is 10.2. The number of rotatable bonds is 7. The van der Waals surface area contributed by atoms with Gasteiger partial charge in [-0.2, -0.15) is 0 Å². The lowest BCUT2D eigenvalue weighted by atomic mass is 9.98. The number of carbonyl (C=O) groups excluding carboxylic acids is 1. The third-order valence-electron chi connectivity index (χ3n) is 5.49. The third-order valence-corrected chi connectivity index (χ3v) is 5.49. The number of aliphatic carboxylic acids is 1. The Balaban J connectivity index is 1.62. The number of carboxylic acid groups (broad SMARTS) is 1. The average Bonchev–Trinajstić information content (AvgIpc) is 3.44. The summed E-state index contributed by atoms with van der Waals surface area (Å²) in [4.78, 5) is 29.0. The molecule has 1 fully saturated rings. The molecule has 2 N–H and O–H groups in total. The molecule has 1 amide bonds. The molecule has 0 saturated heterocycles. The highest BCUT2D eigenvalue weighted by atomic mass is 16.4. The fourth-order valence-electron chi connectivity index (χ4n) is 3.96. The summed E-state index contributed by atoms with van der Waals surface area (Å²) in [5, 5.41) is 16.6. The van der Waals surface area contributed by atoms with Crippen LogP contribution in [-0.2, 0) is 4.79 Å². The maximum absolute atomic E-state index is 12.8. The number of benzene rings is 2. The summed E-state index contributed by atoms with van der Waals surface area (Å²) in [6.07, 6.45) is 4.70. The molecule has 1 heterocycles. The van der Waals surface area contributed by atoms with Crippen LogP contribution in [-0.4, -0.2) is 37.8 Å². The van der Waals surface area contributed by atoms with E-state index in [9.17, 15) is 14.7 Å². The van der Waals surface area contributed by atoms with E-state index in [2.05, 4.69) is 15.4 Å². The first-order valence-electron chi connectivity index (χ1n) is 10.2. The minimum Gasteiger partial charge on any atom is -0.480 e. The molecule has 1 unspecified atom stereocenters. The number of aromatic nitrogens is 3. The Morgan fingerprint density at radius 2 is 1.67 bits per heavy atom. The van der Waals surface area contributed by atoms with E-state index in [-0.39, 0.29) is 5.82 Å². The van der Waals surface area contributed by atoms with Gasteiger partial charge in [-0.25, -0.2) is 14.5 Å². The van der Waals surface area contributed by atoms with Gasteiger partial charge in [-0.1, -0.05) is 74.2 Å². The highest BCUT2D eigenvalue weighted by molar-refractivity contribution is 5.94. The fraction of sp³-hybridized carbons (Fsp3) is 0.304. The van der Waals surface area contributed by atoms with Gasteiger partial charge in [0.2, 0.25) is 5.82 Å². The van der Waals surface area contributed by atoms with E-state index in [1.165, 1.54) is 0 Å². The molecule has 1 atom stereocenters. The van der Waals surface area contributed by atoms with Crippen LogP contribution in [0, 0.1) is 5.92 Å². The van der Waals surface area contributed by atoms with Crippen molar-refractivity contribution in [3.63, 3.8) is 0 Å². The standard InChI is InChI=1S/C23H24N4O3/c28-22(24-19(23(29)30)15-16-9-7-8-10-16)20-25-21(17-11-3-1-4-12-17)27(26-20)18-13-5-2-6-14-18/h1-6,11-14,16,19H,7-10,15H2,(H,24,28)(H,29,30). The molecule has 1 aromatic heterocycles. The molecule has 0 bridgehead atoms. The molecule has 1 aliphatic carbocycles. The zero-order valence-electron chi connectivity index (χ0n) is 16.6. The molecule has 7 nitrogen and oxygen atoms in total. The summed E-state index contributed by atoms with van der Waals surface area (Å²) in [7, 11) is 0. The van der Waals surface area contributed by atoms with Crippen molar-refractivity contribution in [2.24, 2.45) is 5.92 Å². The second kappa shape index (κ2) is 8.90. The van der Waals surface area contributed by atoms with Gasteiger partial charge >= 0.3 is 5.97 Å². The van der Waals surface area contributed by atoms with Gasteiger partial charge in [-0.05, 0) is 24.5 Å². The van der Waals surface area contributed by atoms with Crippen LogP contribution in [0.3, 0.4) is 0 Å². The topological polar surface area (TPSA) is 97.1 Å². The van der Waals surface area contributed by atoms with E-state index in [4.69, 9.17) is 0 Å². The lowest BCUT2D eigenvalue weighted by Crippen LogP contribution is -2.42. The van der Waals surface area contributed by atoms with Gasteiger partial charge in [0.1, 0.15) is 6.04 Å². The number of nitrogens with one attached hydrogen (secondary N) is 1. The third kappa shape index (κ3) is 4.40. The Morgan fingerprint density at radius 1 is 1.03 bits per heavy atom. The van der Waals surface area contributed by atoms with Crippen molar-refractivity contribution in [3.8, 4) is 17.1 Å². The van der Waals surface area contributed by atoms with Crippen LogP contribution in [0.15, 0.2) is 60.7 Å². The molecule has 0 aliphatic heterocycles. The minimum absolute atomic E-state index is 0.0459. The van der Waals surface area contributed by atoms with Crippen LogP contribution in [0.1, 0.15) is 42.7 Å².